The smallest absolute Gasteiger partial charge is 0.343 e. The normalized spacial score (nSPS) is 8.38. The highest BCUT2D eigenvalue weighted by Gasteiger charge is 2.04. The molecule has 0 saturated heterocycles. The van der Waals surface area contributed by atoms with Gasteiger partial charge in [-0.2, -0.15) is 0 Å². The minimum atomic E-state index is -0.936. The Bertz CT molecular complexity index is 138. The Morgan fingerprint density at radius 2 is 1.88 bits per heavy atom. The molecule has 5 heteroatoms. The molecule has 0 aromatic carbocycles. The lowest BCUT2D eigenvalue weighted by Crippen LogP contribution is -1.92. The Labute approximate surface area is 76.7 Å². The van der Waals surface area contributed by atoms with Crippen LogP contribution in [0.4, 0.5) is 0 Å². The van der Waals surface area contributed by atoms with Crippen LogP contribution in [-0.2, 0) is 4.79 Å². The molecule has 0 atom stereocenters. The number of carboxylic acids is 1. The van der Waals surface area contributed by atoms with Gasteiger partial charge < -0.3 is 5.11 Å². The summed E-state index contributed by atoms with van der Waals surface area (Å²) in [6.07, 6.45) is 0. The lowest BCUT2D eigenvalue weighted by Gasteiger charge is -1.86. The van der Waals surface area contributed by atoms with E-state index in [1.807, 2.05) is 0 Å². The molecule has 0 radical (unpaired) electrons. The first kappa shape index (κ1) is 8.90. The van der Waals surface area contributed by atoms with Crippen LogP contribution in [0.25, 0.3) is 0 Å². The van der Waals surface area contributed by atoms with Crippen molar-refractivity contribution in [2.75, 3.05) is 0 Å². The van der Waals surface area contributed by atoms with Crippen LogP contribution in [0.15, 0.2) is 6.97 Å². The maximum Gasteiger partial charge on any atom is 0.343 e. The van der Waals surface area contributed by atoms with Crippen LogP contribution >= 0.6 is 54.5 Å². The van der Waals surface area contributed by atoms with Crippen molar-refractivity contribution in [3.05, 3.63) is 6.97 Å². The Kier molecular flexibility index (Phi) is 4.27. The van der Waals surface area contributed by atoms with Crippen molar-refractivity contribution in [1.82, 2.24) is 0 Å². The average Bonchev–Trinajstić information content (AvgIpc) is 1.64. The molecule has 0 heterocycles. The standard InChI is InChI=1S/C3HBr2IO2/c4-2(5)1(6)3(7)8/h(H,7,8). The molecule has 46 valence electrons. The minimum absolute atomic E-state index is 0.239. The summed E-state index contributed by atoms with van der Waals surface area (Å²) in [5.41, 5.74) is 0. The van der Waals surface area contributed by atoms with Gasteiger partial charge in [-0.3, -0.25) is 0 Å². The van der Waals surface area contributed by atoms with E-state index in [2.05, 4.69) is 31.9 Å². The topological polar surface area (TPSA) is 37.3 Å². The van der Waals surface area contributed by atoms with Gasteiger partial charge in [0.2, 0.25) is 0 Å². The van der Waals surface area contributed by atoms with Crippen LogP contribution in [0.3, 0.4) is 0 Å². The summed E-state index contributed by atoms with van der Waals surface area (Å²) in [5.74, 6) is -0.936. The molecule has 0 saturated carbocycles. The molecule has 0 amide bonds. The van der Waals surface area contributed by atoms with E-state index in [-0.39, 0.29) is 3.58 Å². The molecule has 0 aromatic rings. The van der Waals surface area contributed by atoms with Crippen LogP contribution in [0.1, 0.15) is 0 Å². The summed E-state index contributed by atoms with van der Waals surface area (Å²) < 4.78 is 0.709. The third-order valence-corrected chi connectivity index (χ3v) is 3.63. The highest BCUT2D eigenvalue weighted by Crippen LogP contribution is 2.23. The first-order valence-electron chi connectivity index (χ1n) is 1.49. The van der Waals surface area contributed by atoms with Crippen molar-refractivity contribution in [3.63, 3.8) is 0 Å². The fraction of sp³-hybridized carbons (Fsp3) is 0. The number of aliphatic carboxylic acids is 1. The molecule has 0 rings (SSSR count). The molecule has 0 fully saturated rings. The fourth-order valence-corrected chi connectivity index (χ4v) is 0.420. The molecule has 0 aromatic heterocycles. The molecular weight excluding hydrogens is 355 g/mol. The summed E-state index contributed by atoms with van der Waals surface area (Å²) in [6.45, 7) is 0. The zero-order valence-corrected chi connectivity index (χ0v) is 8.82. The molecule has 0 aliphatic carbocycles. The molecule has 0 aliphatic heterocycles. The number of halogens is 3. The second kappa shape index (κ2) is 3.84. The van der Waals surface area contributed by atoms with Gasteiger partial charge >= 0.3 is 5.97 Å². The van der Waals surface area contributed by atoms with Gasteiger partial charge in [0.1, 0.15) is 3.58 Å². The van der Waals surface area contributed by atoms with Crippen LogP contribution < -0.4 is 0 Å². The van der Waals surface area contributed by atoms with Gasteiger partial charge in [0.05, 0.1) is 3.39 Å². The highest BCUT2D eigenvalue weighted by molar-refractivity contribution is 14.1. The number of carbonyl (C=O) groups is 1. The molecule has 0 aliphatic rings. The van der Waals surface area contributed by atoms with Crippen LogP contribution in [0, 0.1) is 0 Å². The van der Waals surface area contributed by atoms with Gasteiger partial charge in [-0.25, -0.2) is 4.79 Å². The maximum absolute atomic E-state index is 10.0. The van der Waals surface area contributed by atoms with Crippen molar-refractivity contribution in [3.8, 4) is 0 Å². The Morgan fingerprint density at radius 1 is 1.50 bits per heavy atom. The quantitative estimate of drug-likeness (QED) is 0.579. The van der Waals surface area contributed by atoms with Gasteiger partial charge in [0, 0.05) is 0 Å². The fourth-order valence-electron chi connectivity index (χ4n) is 0.0808. The number of carboxylic acid groups (broad SMARTS) is 1. The van der Waals surface area contributed by atoms with E-state index in [0.29, 0.717) is 3.39 Å². The molecule has 0 bridgehead atoms. The molecule has 0 unspecified atom stereocenters. The first-order chi connectivity index (χ1) is 3.55. The second-order valence-corrected chi connectivity index (χ2v) is 4.61. The molecule has 0 spiro atoms. The van der Waals surface area contributed by atoms with E-state index >= 15 is 0 Å². The van der Waals surface area contributed by atoms with Crippen LogP contribution in [-0.4, -0.2) is 11.1 Å². The monoisotopic (exact) mass is 354 g/mol. The zero-order valence-electron chi connectivity index (χ0n) is 3.49. The van der Waals surface area contributed by atoms with E-state index in [1.165, 1.54) is 0 Å². The first-order valence-corrected chi connectivity index (χ1v) is 4.16. The number of rotatable bonds is 1. The van der Waals surface area contributed by atoms with Crippen molar-refractivity contribution < 1.29 is 9.90 Å². The Morgan fingerprint density at radius 3 is 1.88 bits per heavy atom. The van der Waals surface area contributed by atoms with Crippen molar-refractivity contribution in [1.29, 1.82) is 0 Å². The van der Waals surface area contributed by atoms with Crippen molar-refractivity contribution in [2.45, 2.75) is 0 Å². The van der Waals surface area contributed by atoms with Crippen LogP contribution in [0.5, 0.6) is 0 Å². The maximum atomic E-state index is 10.0. The zero-order chi connectivity index (χ0) is 6.73. The predicted octanol–water partition coefficient (Wildman–Crippen LogP) is 2.46. The van der Waals surface area contributed by atoms with E-state index in [4.69, 9.17) is 5.11 Å². The number of hydrogen-bond acceptors (Lipinski definition) is 1. The minimum Gasteiger partial charge on any atom is -0.477 e. The largest absolute Gasteiger partial charge is 0.477 e. The van der Waals surface area contributed by atoms with E-state index in [1.54, 1.807) is 22.6 Å². The Hall–Kier alpha value is 0.900. The summed E-state index contributed by atoms with van der Waals surface area (Å²) in [6, 6.07) is 0. The third kappa shape index (κ3) is 3.03. The molecular formula is C3HBr2IO2. The van der Waals surface area contributed by atoms with Crippen molar-refractivity contribution in [2.24, 2.45) is 0 Å². The average molecular weight is 356 g/mol. The van der Waals surface area contributed by atoms with Gasteiger partial charge in [-0.15, -0.1) is 0 Å². The summed E-state index contributed by atoms with van der Waals surface area (Å²) in [7, 11) is 0. The highest BCUT2D eigenvalue weighted by atomic mass is 127. The van der Waals surface area contributed by atoms with E-state index in [0.717, 1.165) is 0 Å². The van der Waals surface area contributed by atoms with Crippen molar-refractivity contribution >= 4 is 60.4 Å². The predicted molar refractivity (Wildman–Crippen MR) is 46.5 cm³/mol. The Balaban J connectivity index is 4.23. The lowest BCUT2D eigenvalue weighted by atomic mass is 10.7. The summed E-state index contributed by atoms with van der Waals surface area (Å²) in [4.78, 5) is 10.0. The second-order valence-electron chi connectivity index (χ2n) is 0.880. The van der Waals surface area contributed by atoms with Gasteiger partial charge in [-0.1, -0.05) is 0 Å². The van der Waals surface area contributed by atoms with E-state index in [9.17, 15) is 4.79 Å². The van der Waals surface area contributed by atoms with Crippen LogP contribution in [0.2, 0.25) is 0 Å². The lowest BCUT2D eigenvalue weighted by molar-refractivity contribution is -0.131. The SMILES string of the molecule is O=C(O)C(I)=C(Br)Br. The van der Waals surface area contributed by atoms with Gasteiger partial charge in [-0.05, 0) is 54.5 Å². The van der Waals surface area contributed by atoms with E-state index < -0.39 is 5.97 Å². The number of hydrogen-bond donors (Lipinski definition) is 1. The molecule has 8 heavy (non-hydrogen) atoms. The molecule has 1 N–H and O–H groups in total. The van der Waals surface area contributed by atoms with Gasteiger partial charge in [0.15, 0.2) is 0 Å². The van der Waals surface area contributed by atoms with Gasteiger partial charge in [0.25, 0.3) is 0 Å². The summed E-state index contributed by atoms with van der Waals surface area (Å²) in [5, 5.41) is 8.23. The summed E-state index contributed by atoms with van der Waals surface area (Å²) >= 11 is 7.60. The third-order valence-electron chi connectivity index (χ3n) is 0.354. The molecule has 2 nitrogen and oxygen atoms in total.